The first-order valence-corrected chi connectivity index (χ1v) is 6.47. The van der Waals surface area contributed by atoms with Crippen LogP contribution in [0.3, 0.4) is 0 Å². The zero-order valence-corrected chi connectivity index (χ0v) is 11.4. The van der Waals surface area contributed by atoms with Crippen molar-refractivity contribution in [3.8, 4) is 0 Å². The molecule has 0 radical (unpaired) electrons. The Morgan fingerprint density at radius 2 is 1.94 bits per heavy atom. The first-order chi connectivity index (χ1) is 8.40. The highest BCUT2D eigenvalue weighted by atomic mass is 19.1. The first-order valence-electron chi connectivity index (χ1n) is 6.47. The Morgan fingerprint density at radius 1 is 1.28 bits per heavy atom. The van der Waals surface area contributed by atoms with E-state index in [1.807, 2.05) is 13.8 Å². The molecule has 1 aromatic rings. The molecule has 2 unspecified atom stereocenters. The molecule has 0 aliphatic rings. The summed E-state index contributed by atoms with van der Waals surface area (Å²) in [6.07, 6.45) is 2.65. The van der Waals surface area contributed by atoms with E-state index in [1.165, 1.54) is 12.1 Å². The summed E-state index contributed by atoms with van der Waals surface area (Å²) in [5, 5.41) is 0. The van der Waals surface area contributed by atoms with Gasteiger partial charge in [-0.2, -0.15) is 0 Å². The summed E-state index contributed by atoms with van der Waals surface area (Å²) >= 11 is 0. The van der Waals surface area contributed by atoms with E-state index in [-0.39, 0.29) is 23.6 Å². The van der Waals surface area contributed by atoms with Gasteiger partial charge in [0.05, 0.1) is 0 Å². The normalized spacial score (nSPS) is 14.3. The van der Waals surface area contributed by atoms with Crippen molar-refractivity contribution in [2.75, 3.05) is 0 Å². The molecule has 0 fully saturated rings. The fourth-order valence-electron chi connectivity index (χ4n) is 2.04. The fraction of sp³-hybridized carbons (Fsp3) is 0.533. The van der Waals surface area contributed by atoms with E-state index in [4.69, 9.17) is 5.73 Å². The van der Waals surface area contributed by atoms with E-state index in [0.717, 1.165) is 24.8 Å². The van der Waals surface area contributed by atoms with Crippen LogP contribution in [0.15, 0.2) is 18.2 Å². The number of halogens is 1. The van der Waals surface area contributed by atoms with Gasteiger partial charge in [0, 0.05) is 17.5 Å². The molecule has 0 saturated heterocycles. The Bertz CT molecular complexity index is 395. The lowest BCUT2D eigenvalue weighted by atomic mass is 9.93. The molecule has 0 aliphatic heterocycles. The van der Waals surface area contributed by atoms with Gasteiger partial charge in [0.25, 0.3) is 0 Å². The van der Waals surface area contributed by atoms with Crippen molar-refractivity contribution in [1.82, 2.24) is 0 Å². The van der Waals surface area contributed by atoms with Crippen LogP contribution >= 0.6 is 0 Å². The van der Waals surface area contributed by atoms with Gasteiger partial charge in [0.1, 0.15) is 5.82 Å². The Morgan fingerprint density at radius 3 is 2.50 bits per heavy atom. The third kappa shape index (κ3) is 4.57. The maximum Gasteiger partial charge on any atom is 0.165 e. The van der Waals surface area contributed by atoms with Crippen LogP contribution in [0, 0.1) is 18.7 Å². The Balaban J connectivity index is 2.62. The summed E-state index contributed by atoms with van der Waals surface area (Å²) in [5.74, 6) is -0.409. The van der Waals surface area contributed by atoms with Crippen LogP contribution in [-0.2, 0) is 0 Å². The van der Waals surface area contributed by atoms with Gasteiger partial charge in [0.15, 0.2) is 5.78 Å². The molecule has 1 aromatic carbocycles. The predicted molar refractivity (Wildman–Crippen MR) is 72.1 cm³/mol. The van der Waals surface area contributed by atoms with Gasteiger partial charge in [-0.1, -0.05) is 13.3 Å². The molecular weight excluding hydrogens is 229 g/mol. The van der Waals surface area contributed by atoms with Crippen molar-refractivity contribution in [3.05, 3.63) is 35.1 Å². The second-order valence-corrected chi connectivity index (χ2v) is 5.19. The summed E-state index contributed by atoms with van der Waals surface area (Å²) in [5.41, 5.74) is 6.92. The number of ketones is 1. The van der Waals surface area contributed by atoms with Gasteiger partial charge in [-0.15, -0.1) is 0 Å². The monoisotopic (exact) mass is 251 g/mol. The topological polar surface area (TPSA) is 43.1 Å². The van der Waals surface area contributed by atoms with E-state index in [2.05, 4.69) is 0 Å². The predicted octanol–water partition coefficient (Wildman–Crippen LogP) is 3.47. The molecule has 1 rings (SSSR count). The van der Waals surface area contributed by atoms with Crippen molar-refractivity contribution in [2.45, 2.75) is 46.1 Å². The minimum Gasteiger partial charge on any atom is -0.328 e. The van der Waals surface area contributed by atoms with Crippen molar-refractivity contribution in [3.63, 3.8) is 0 Å². The minimum absolute atomic E-state index is 0.0160. The van der Waals surface area contributed by atoms with E-state index < -0.39 is 0 Å². The zero-order chi connectivity index (χ0) is 13.7. The molecule has 0 heterocycles. The maximum atomic E-state index is 13.2. The quantitative estimate of drug-likeness (QED) is 0.787. The van der Waals surface area contributed by atoms with Gasteiger partial charge in [-0.05, 0) is 50.5 Å². The molecule has 3 heteroatoms. The highest BCUT2D eigenvalue weighted by Crippen LogP contribution is 2.17. The average Bonchev–Trinajstić information content (AvgIpc) is 2.26. The molecule has 0 aliphatic carbocycles. The van der Waals surface area contributed by atoms with Crippen molar-refractivity contribution >= 4 is 5.78 Å². The summed E-state index contributed by atoms with van der Waals surface area (Å²) in [7, 11) is 0. The van der Waals surface area contributed by atoms with Crippen LogP contribution in [0.4, 0.5) is 4.39 Å². The maximum absolute atomic E-state index is 13.2. The Hall–Kier alpha value is -1.22. The van der Waals surface area contributed by atoms with Gasteiger partial charge in [0.2, 0.25) is 0 Å². The lowest BCUT2D eigenvalue weighted by Crippen LogP contribution is -2.16. The molecule has 0 spiro atoms. The number of carbonyl (C=O) groups excluding carboxylic acids is 1. The molecule has 0 bridgehead atoms. The summed E-state index contributed by atoms with van der Waals surface area (Å²) in [6, 6.07) is 4.66. The molecule has 0 saturated carbocycles. The van der Waals surface area contributed by atoms with E-state index in [1.54, 1.807) is 13.0 Å². The lowest BCUT2D eigenvalue weighted by Gasteiger charge is -2.12. The first kappa shape index (κ1) is 14.8. The van der Waals surface area contributed by atoms with Gasteiger partial charge >= 0.3 is 0 Å². The second-order valence-electron chi connectivity index (χ2n) is 5.19. The number of Topliss-reactive ketones (excluding diaryl/α,β-unsaturated/α-hetero) is 1. The number of nitrogens with two attached hydrogens (primary N) is 1. The largest absolute Gasteiger partial charge is 0.328 e. The van der Waals surface area contributed by atoms with Crippen LogP contribution in [0.1, 0.15) is 49.0 Å². The number of benzene rings is 1. The van der Waals surface area contributed by atoms with Crippen LogP contribution in [-0.4, -0.2) is 11.8 Å². The van der Waals surface area contributed by atoms with E-state index in [9.17, 15) is 9.18 Å². The summed E-state index contributed by atoms with van der Waals surface area (Å²) < 4.78 is 13.2. The molecule has 0 aromatic heterocycles. The summed E-state index contributed by atoms with van der Waals surface area (Å²) in [4.78, 5) is 12.1. The average molecular weight is 251 g/mol. The molecular formula is C15H22FNO. The third-order valence-electron chi connectivity index (χ3n) is 3.07. The highest BCUT2D eigenvalue weighted by molar-refractivity contribution is 5.97. The van der Waals surface area contributed by atoms with E-state index >= 15 is 0 Å². The number of hydrogen-bond acceptors (Lipinski definition) is 2. The Kier molecular flexibility index (Phi) is 5.48. The van der Waals surface area contributed by atoms with Gasteiger partial charge in [-0.25, -0.2) is 4.39 Å². The fourth-order valence-corrected chi connectivity index (χ4v) is 2.04. The molecule has 2 N–H and O–H groups in total. The molecule has 2 nitrogen and oxygen atoms in total. The lowest BCUT2D eigenvalue weighted by molar-refractivity contribution is 0.0921. The molecule has 0 amide bonds. The van der Waals surface area contributed by atoms with Gasteiger partial charge in [-0.3, -0.25) is 4.79 Å². The number of carbonyl (C=O) groups is 1. The standard InChI is InChI=1S/C15H22FNO/c1-10-7-13(9-14(16)8-10)15(18)11(2)5-4-6-12(3)17/h7-9,11-12H,4-6,17H2,1-3H3. The molecule has 100 valence electrons. The van der Waals surface area contributed by atoms with Crippen molar-refractivity contribution < 1.29 is 9.18 Å². The van der Waals surface area contributed by atoms with Crippen LogP contribution < -0.4 is 5.73 Å². The van der Waals surface area contributed by atoms with Crippen molar-refractivity contribution in [2.24, 2.45) is 11.7 Å². The van der Waals surface area contributed by atoms with Crippen LogP contribution in [0.25, 0.3) is 0 Å². The number of rotatable bonds is 6. The van der Waals surface area contributed by atoms with Crippen molar-refractivity contribution in [1.29, 1.82) is 0 Å². The third-order valence-corrected chi connectivity index (χ3v) is 3.07. The van der Waals surface area contributed by atoms with Gasteiger partial charge < -0.3 is 5.73 Å². The smallest absolute Gasteiger partial charge is 0.165 e. The Labute approximate surface area is 108 Å². The minimum atomic E-state index is -0.346. The second kappa shape index (κ2) is 6.64. The van der Waals surface area contributed by atoms with Crippen LogP contribution in [0.5, 0.6) is 0 Å². The van der Waals surface area contributed by atoms with Crippen LogP contribution in [0.2, 0.25) is 0 Å². The summed E-state index contributed by atoms with van der Waals surface area (Å²) in [6.45, 7) is 5.65. The SMILES string of the molecule is Cc1cc(F)cc(C(=O)C(C)CCCC(C)N)c1. The molecule has 2 atom stereocenters. The highest BCUT2D eigenvalue weighted by Gasteiger charge is 2.16. The van der Waals surface area contributed by atoms with E-state index in [0.29, 0.717) is 5.56 Å². The number of aryl methyl sites for hydroxylation is 1. The molecule has 18 heavy (non-hydrogen) atoms. The zero-order valence-electron chi connectivity index (χ0n) is 11.4. The number of hydrogen-bond donors (Lipinski definition) is 1.